The van der Waals surface area contributed by atoms with E-state index in [-0.39, 0.29) is 0 Å². The summed E-state index contributed by atoms with van der Waals surface area (Å²) >= 11 is 0. The SMILES string of the molecule is CCC(CC)(CC)C(=O)NC(CC(=O)O)C(F)(F)F. The molecule has 4 nitrogen and oxygen atoms in total. The summed E-state index contributed by atoms with van der Waals surface area (Å²) in [5, 5.41) is 10.3. The molecule has 0 rings (SSSR count). The molecule has 112 valence electrons. The second-order valence-electron chi connectivity index (χ2n) is 4.51. The highest BCUT2D eigenvalue weighted by Crippen LogP contribution is 2.32. The Morgan fingerprint density at radius 2 is 1.53 bits per heavy atom. The molecule has 0 saturated heterocycles. The standard InChI is InChI=1S/C12H20F3NO3/c1-4-11(5-2,6-3)10(19)16-8(7-9(17)18)12(13,14)15/h8H,4-7H2,1-3H3,(H,16,19)(H,17,18). The number of amides is 1. The minimum atomic E-state index is -4.77. The molecule has 0 bridgehead atoms. The van der Waals surface area contributed by atoms with E-state index in [1.807, 2.05) is 5.32 Å². The fourth-order valence-electron chi connectivity index (χ4n) is 1.97. The van der Waals surface area contributed by atoms with Crippen LogP contribution in [0.5, 0.6) is 0 Å². The zero-order chi connectivity index (χ0) is 15.3. The van der Waals surface area contributed by atoms with Crippen molar-refractivity contribution in [2.45, 2.75) is 58.7 Å². The number of aliphatic carboxylic acids is 1. The van der Waals surface area contributed by atoms with Crippen LogP contribution in [-0.4, -0.2) is 29.2 Å². The third kappa shape index (κ3) is 4.72. The Balaban J connectivity index is 5.04. The van der Waals surface area contributed by atoms with Crippen LogP contribution in [0.3, 0.4) is 0 Å². The van der Waals surface area contributed by atoms with Gasteiger partial charge in [0.2, 0.25) is 5.91 Å². The van der Waals surface area contributed by atoms with Crippen LogP contribution in [0.15, 0.2) is 0 Å². The first-order chi connectivity index (χ1) is 8.62. The summed E-state index contributed by atoms with van der Waals surface area (Å²) in [6, 6.07) is -2.35. The summed E-state index contributed by atoms with van der Waals surface area (Å²) in [6.45, 7) is 5.19. The molecule has 1 atom stereocenters. The van der Waals surface area contributed by atoms with Gasteiger partial charge in [-0.05, 0) is 19.3 Å². The van der Waals surface area contributed by atoms with Crippen LogP contribution in [-0.2, 0) is 9.59 Å². The molecule has 1 unspecified atom stereocenters. The zero-order valence-electron chi connectivity index (χ0n) is 11.3. The van der Waals surface area contributed by atoms with Crippen molar-refractivity contribution >= 4 is 11.9 Å². The number of carbonyl (C=O) groups excluding carboxylic acids is 1. The quantitative estimate of drug-likeness (QED) is 0.755. The minimum Gasteiger partial charge on any atom is -0.481 e. The smallest absolute Gasteiger partial charge is 0.409 e. The van der Waals surface area contributed by atoms with E-state index in [0.717, 1.165) is 0 Å². The molecule has 0 heterocycles. The maximum atomic E-state index is 12.7. The Hall–Kier alpha value is -1.27. The zero-order valence-corrected chi connectivity index (χ0v) is 11.3. The molecular weight excluding hydrogens is 263 g/mol. The topological polar surface area (TPSA) is 66.4 Å². The van der Waals surface area contributed by atoms with E-state index in [4.69, 9.17) is 5.11 Å². The highest BCUT2D eigenvalue weighted by atomic mass is 19.4. The van der Waals surface area contributed by atoms with Gasteiger partial charge in [0.15, 0.2) is 0 Å². The van der Waals surface area contributed by atoms with Gasteiger partial charge in [-0.3, -0.25) is 9.59 Å². The highest BCUT2D eigenvalue weighted by Gasteiger charge is 2.44. The maximum absolute atomic E-state index is 12.7. The highest BCUT2D eigenvalue weighted by molar-refractivity contribution is 5.83. The van der Waals surface area contributed by atoms with Crippen molar-refractivity contribution in [3.05, 3.63) is 0 Å². The molecule has 0 aromatic carbocycles. The first-order valence-corrected chi connectivity index (χ1v) is 6.22. The lowest BCUT2D eigenvalue weighted by Crippen LogP contribution is -2.51. The Morgan fingerprint density at radius 1 is 1.11 bits per heavy atom. The van der Waals surface area contributed by atoms with Crippen LogP contribution >= 0.6 is 0 Å². The van der Waals surface area contributed by atoms with Gasteiger partial charge in [-0.15, -0.1) is 0 Å². The molecule has 0 spiro atoms. The van der Waals surface area contributed by atoms with E-state index in [2.05, 4.69) is 0 Å². The van der Waals surface area contributed by atoms with Crippen LogP contribution in [0.4, 0.5) is 13.2 Å². The number of carbonyl (C=O) groups is 2. The monoisotopic (exact) mass is 283 g/mol. The lowest BCUT2D eigenvalue weighted by atomic mass is 9.78. The van der Waals surface area contributed by atoms with Crippen molar-refractivity contribution in [2.24, 2.45) is 5.41 Å². The fourth-order valence-corrected chi connectivity index (χ4v) is 1.97. The van der Waals surface area contributed by atoms with Crippen molar-refractivity contribution in [1.29, 1.82) is 0 Å². The van der Waals surface area contributed by atoms with Gasteiger partial charge in [0.05, 0.1) is 6.42 Å². The van der Waals surface area contributed by atoms with Gasteiger partial charge < -0.3 is 10.4 Å². The van der Waals surface area contributed by atoms with Crippen molar-refractivity contribution in [3.8, 4) is 0 Å². The van der Waals surface area contributed by atoms with Gasteiger partial charge in [0.1, 0.15) is 6.04 Å². The molecule has 1 amide bonds. The van der Waals surface area contributed by atoms with Gasteiger partial charge in [0, 0.05) is 5.41 Å². The van der Waals surface area contributed by atoms with Crippen molar-refractivity contribution < 1.29 is 27.9 Å². The summed E-state index contributed by atoms with van der Waals surface area (Å²) in [7, 11) is 0. The van der Waals surface area contributed by atoms with E-state index in [0.29, 0.717) is 19.3 Å². The van der Waals surface area contributed by atoms with Gasteiger partial charge >= 0.3 is 12.1 Å². The first-order valence-electron chi connectivity index (χ1n) is 6.22. The molecule has 0 aromatic rings. The predicted octanol–water partition coefficient (Wildman–Crippen LogP) is 2.72. The number of carboxylic acids is 1. The van der Waals surface area contributed by atoms with E-state index in [9.17, 15) is 22.8 Å². The molecular formula is C12H20F3NO3. The third-order valence-corrected chi connectivity index (χ3v) is 3.59. The average molecular weight is 283 g/mol. The Bertz CT molecular complexity index is 316. The summed E-state index contributed by atoms with van der Waals surface area (Å²) in [6.07, 6.45) is -4.71. The summed E-state index contributed by atoms with van der Waals surface area (Å²) in [5.41, 5.74) is -0.873. The van der Waals surface area contributed by atoms with E-state index >= 15 is 0 Å². The van der Waals surface area contributed by atoms with Gasteiger partial charge in [0.25, 0.3) is 0 Å². The number of alkyl halides is 3. The van der Waals surface area contributed by atoms with Gasteiger partial charge in [-0.25, -0.2) is 0 Å². The lowest BCUT2D eigenvalue weighted by Gasteiger charge is -2.31. The molecule has 2 N–H and O–H groups in total. The molecule has 0 radical (unpaired) electrons. The Morgan fingerprint density at radius 3 is 1.79 bits per heavy atom. The number of halogens is 3. The normalized spacial score (nSPS) is 14.0. The minimum absolute atomic E-state index is 0.406. The molecule has 0 aliphatic carbocycles. The first kappa shape index (κ1) is 17.7. The van der Waals surface area contributed by atoms with E-state index in [1.54, 1.807) is 20.8 Å². The van der Waals surface area contributed by atoms with Crippen LogP contribution in [0.1, 0.15) is 46.5 Å². The van der Waals surface area contributed by atoms with E-state index in [1.165, 1.54) is 0 Å². The number of nitrogens with one attached hydrogen (secondary N) is 1. The van der Waals surface area contributed by atoms with Crippen molar-refractivity contribution in [2.75, 3.05) is 0 Å². The largest absolute Gasteiger partial charge is 0.481 e. The number of rotatable bonds is 7. The summed E-state index contributed by atoms with van der Waals surface area (Å²) < 4.78 is 38.0. The number of hydrogen-bond donors (Lipinski definition) is 2. The lowest BCUT2D eigenvalue weighted by molar-refractivity contribution is -0.172. The molecule has 19 heavy (non-hydrogen) atoms. The Labute approximate surface area is 110 Å². The summed E-state index contributed by atoms with van der Waals surface area (Å²) in [5.74, 6) is -2.33. The molecule has 0 saturated carbocycles. The van der Waals surface area contributed by atoms with Crippen LogP contribution in [0, 0.1) is 5.41 Å². The second kappa shape index (κ2) is 6.77. The van der Waals surface area contributed by atoms with Gasteiger partial charge in [-0.2, -0.15) is 13.2 Å². The fraction of sp³-hybridized carbons (Fsp3) is 0.833. The van der Waals surface area contributed by atoms with Gasteiger partial charge in [-0.1, -0.05) is 20.8 Å². The predicted molar refractivity (Wildman–Crippen MR) is 63.5 cm³/mol. The Kier molecular flexibility index (Phi) is 6.32. The van der Waals surface area contributed by atoms with Crippen LogP contribution in [0.25, 0.3) is 0 Å². The van der Waals surface area contributed by atoms with E-state index < -0.39 is 35.9 Å². The molecule has 0 fully saturated rings. The average Bonchev–Trinajstić information content (AvgIpc) is 2.29. The van der Waals surface area contributed by atoms with Crippen LogP contribution in [0.2, 0.25) is 0 Å². The molecule has 7 heteroatoms. The van der Waals surface area contributed by atoms with Crippen molar-refractivity contribution in [1.82, 2.24) is 5.32 Å². The summed E-state index contributed by atoms with van der Waals surface area (Å²) in [4.78, 5) is 22.4. The molecule has 0 aliphatic rings. The molecule has 0 aliphatic heterocycles. The number of carboxylic acid groups (broad SMARTS) is 1. The van der Waals surface area contributed by atoms with Crippen LogP contribution < -0.4 is 5.32 Å². The molecule has 0 aromatic heterocycles. The maximum Gasteiger partial charge on any atom is 0.409 e. The van der Waals surface area contributed by atoms with Crippen molar-refractivity contribution in [3.63, 3.8) is 0 Å². The number of hydrogen-bond acceptors (Lipinski definition) is 2. The second-order valence-corrected chi connectivity index (χ2v) is 4.51. The third-order valence-electron chi connectivity index (χ3n) is 3.59.